The first-order chi connectivity index (χ1) is 14.9. The Labute approximate surface area is 178 Å². The van der Waals surface area contributed by atoms with Gasteiger partial charge in [-0.15, -0.1) is 0 Å². The minimum absolute atomic E-state index is 0.0775. The van der Waals surface area contributed by atoms with Crippen molar-refractivity contribution in [2.45, 2.75) is 6.18 Å². The summed E-state index contributed by atoms with van der Waals surface area (Å²) in [6.07, 6.45) is 0.513. The average molecular weight is 442 g/mol. The molecule has 3 aromatic heterocycles. The third-order valence-electron chi connectivity index (χ3n) is 4.06. The molecule has 0 unspecified atom stereocenters. The van der Waals surface area contributed by atoms with Crippen molar-refractivity contribution in [3.8, 4) is 11.5 Å². The molecule has 0 radical (unpaired) electrons. The molecule has 1 amide bonds. The van der Waals surface area contributed by atoms with Crippen molar-refractivity contribution < 1.29 is 18.0 Å². The Morgan fingerprint density at radius 1 is 0.968 bits per heavy atom. The number of nitrogens with one attached hydrogen (secondary N) is 2. The maximum absolute atomic E-state index is 12.6. The van der Waals surface area contributed by atoms with E-state index in [1.165, 1.54) is 0 Å². The van der Waals surface area contributed by atoms with Gasteiger partial charge in [0, 0.05) is 23.3 Å². The summed E-state index contributed by atoms with van der Waals surface area (Å²) in [5, 5.41) is 5.89. The van der Waals surface area contributed by atoms with Crippen LogP contribution in [0.15, 0.2) is 67.1 Å². The van der Waals surface area contributed by atoms with Crippen LogP contribution < -0.4 is 10.6 Å². The van der Waals surface area contributed by atoms with Crippen molar-refractivity contribution >= 4 is 33.9 Å². The molecule has 156 valence electrons. The minimum atomic E-state index is -4.46. The molecule has 0 aliphatic heterocycles. The largest absolute Gasteiger partial charge is 0.416 e. The zero-order chi connectivity index (χ0) is 21.8. The standard InChI is InChI=1S/C20H13F3N6OS/c21-20(22,23)13-5-3-12(4-6-13)18(30)28-19-27-17(29-31-19)16-8-7-15(11-25-16)26-14-2-1-9-24-10-14/h1-11,26H,(H,27,28,29,30). The van der Waals surface area contributed by atoms with Crippen molar-refractivity contribution in [1.82, 2.24) is 19.3 Å². The van der Waals surface area contributed by atoms with E-state index in [1.807, 2.05) is 12.1 Å². The van der Waals surface area contributed by atoms with Crippen LogP contribution in [0.1, 0.15) is 15.9 Å². The van der Waals surface area contributed by atoms with E-state index >= 15 is 0 Å². The summed E-state index contributed by atoms with van der Waals surface area (Å²) in [7, 11) is 0. The van der Waals surface area contributed by atoms with Gasteiger partial charge in [-0.25, -0.2) is 0 Å². The van der Waals surface area contributed by atoms with Crippen LogP contribution in [0, 0.1) is 0 Å². The monoisotopic (exact) mass is 442 g/mol. The molecule has 11 heteroatoms. The number of rotatable bonds is 5. The maximum atomic E-state index is 12.6. The van der Waals surface area contributed by atoms with Crippen LogP contribution >= 0.6 is 11.5 Å². The van der Waals surface area contributed by atoms with E-state index < -0.39 is 17.6 Å². The van der Waals surface area contributed by atoms with Gasteiger partial charge in [-0.2, -0.15) is 22.5 Å². The average Bonchev–Trinajstić information content (AvgIpc) is 3.23. The molecule has 31 heavy (non-hydrogen) atoms. The number of carbonyl (C=O) groups excluding carboxylic acids is 1. The molecule has 0 fully saturated rings. The molecule has 0 aliphatic carbocycles. The van der Waals surface area contributed by atoms with Crippen molar-refractivity contribution in [3.63, 3.8) is 0 Å². The second-order valence-corrected chi connectivity index (χ2v) is 7.00. The Morgan fingerprint density at radius 3 is 2.39 bits per heavy atom. The molecule has 4 aromatic rings. The smallest absolute Gasteiger partial charge is 0.353 e. The number of hydrogen-bond acceptors (Lipinski definition) is 7. The number of halogens is 3. The summed E-state index contributed by atoms with van der Waals surface area (Å²) in [5.41, 5.74) is 1.33. The predicted molar refractivity (Wildman–Crippen MR) is 110 cm³/mol. The van der Waals surface area contributed by atoms with Gasteiger partial charge in [-0.1, -0.05) is 0 Å². The highest BCUT2D eigenvalue weighted by atomic mass is 32.1. The number of pyridine rings is 2. The second kappa shape index (κ2) is 8.48. The molecule has 1 aromatic carbocycles. The first-order valence-corrected chi connectivity index (χ1v) is 9.61. The number of alkyl halides is 3. The molecular weight excluding hydrogens is 429 g/mol. The van der Waals surface area contributed by atoms with E-state index in [2.05, 4.69) is 30.0 Å². The first kappa shape index (κ1) is 20.4. The van der Waals surface area contributed by atoms with Crippen LogP contribution in [0.3, 0.4) is 0 Å². The van der Waals surface area contributed by atoms with E-state index in [9.17, 15) is 18.0 Å². The molecular formula is C20H13F3N6OS. The fourth-order valence-corrected chi connectivity index (χ4v) is 3.13. The van der Waals surface area contributed by atoms with Gasteiger partial charge >= 0.3 is 6.18 Å². The summed E-state index contributed by atoms with van der Waals surface area (Å²) in [6, 6.07) is 11.1. The quantitative estimate of drug-likeness (QED) is 0.451. The van der Waals surface area contributed by atoms with Crippen LogP contribution in [0.5, 0.6) is 0 Å². The molecule has 7 nitrogen and oxygen atoms in total. The Hall–Kier alpha value is -3.86. The molecule has 0 bridgehead atoms. The third-order valence-corrected chi connectivity index (χ3v) is 4.69. The van der Waals surface area contributed by atoms with Crippen LogP contribution in [-0.2, 0) is 6.18 Å². The van der Waals surface area contributed by atoms with Crippen molar-refractivity contribution in [3.05, 3.63) is 78.2 Å². The summed E-state index contributed by atoms with van der Waals surface area (Å²) in [6.45, 7) is 0. The Kier molecular flexibility index (Phi) is 5.58. The van der Waals surface area contributed by atoms with E-state index in [4.69, 9.17) is 0 Å². The SMILES string of the molecule is O=C(Nc1nc(-c2ccc(Nc3cccnc3)cn2)ns1)c1ccc(C(F)(F)F)cc1. The van der Waals surface area contributed by atoms with Crippen molar-refractivity contribution in [1.29, 1.82) is 0 Å². The molecule has 4 rings (SSSR count). The highest BCUT2D eigenvalue weighted by molar-refractivity contribution is 7.10. The summed E-state index contributed by atoms with van der Waals surface area (Å²) >= 11 is 0.945. The first-order valence-electron chi connectivity index (χ1n) is 8.84. The van der Waals surface area contributed by atoms with Crippen molar-refractivity contribution in [2.75, 3.05) is 10.6 Å². The molecule has 0 saturated heterocycles. The molecule has 0 saturated carbocycles. The number of benzene rings is 1. The van der Waals surface area contributed by atoms with Crippen LogP contribution in [0.4, 0.5) is 29.7 Å². The lowest BCUT2D eigenvalue weighted by Gasteiger charge is -2.07. The zero-order valence-corrected chi connectivity index (χ0v) is 16.4. The third kappa shape index (κ3) is 5.01. The number of nitrogens with zero attached hydrogens (tertiary/aromatic N) is 4. The lowest BCUT2D eigenvalue weighted by molar-refractivity contribution is -0.137. The lowest BCUT2D eigenvalue weighted by Crippen LogP contribution is -2.12. The summed E-state index contributed by atoms with van der Waals surface area (Å²) < 4.78 is 42.1. The Balaban J connectivity index is 1.41. The van der Waals surface area contributed by atoms with Gasteiger partial charge in [0.15, 0.2) is 5.82 Å². The molecule has 3 heterocycles. The zero-order valence-electron chi connectivity index (χ0n) is 15.6. The van der Waals surface area contributed by atoms with E-state index in [1.54, 1.807) is 30.7 Å². The molecule has 0 aliphatic rings. The van der Waals surface area contributed by atoms with E-state index in [0.29, 0.717) is 11.5 Å². The highest BCUT2D eigenvalue weighted by Crippen LogP contribution is 2.29. The van der Waals surface area contributed by atoms with E-state index in [-0.39, 0.29) is 10.7 Å². The second-order valence-electron chi connectivity index (χ2n) is 6.25. The van der Waals surface area contributed by atoms with Gasteiger partial charge in [-0.3, -0.25) is 20.1 Å². The van der Waals surface area contributed by atoms with Gasteiger partial charge in [0.2, 0.25) is 5.13 Å². The minimum Gasteiger partial charge on any atom is -0.353 e. The van der Waals surface area contributed by atoms with Crippen molar-refractivity contribution in [2.24, 2.45) is 0 Å². The summed E-state index contributed by atoms with van der Waals surface area (Å²) in [5.74, 6) is -0.263. The Bertz CT molecular complexity index is 1180. The maximum Gasteiger partial charge on any atom is 0.416 e. The number of anilines is 3. The van der Waals surface area contributed by atoms with Gasteiger partial charge in [0.05, 0.1) is 29.3 Å². The van der Waals surface area contributed by atoms with Gasteiger partial charge < -0.3 is 5.32 Å². The van der Waals surface area contributed by atoms with Gasteiger partial charge in [0.1, 0.15) is 5.69 Å². The fraction of sp³-hybridized carbons (Fsp3) is 0.0500. The van der Waals surface area contributed by atoms with E-state index in [0.717, 1.165) is 47.2 Å². The normalized spacial score (nSPS) is 11.2. The fourth-order valence-electron chi connectivity index (χ4n) is 2.56. The molecule has 2 N–H and O–H groups in total. The number of hydrogen-bond donors (Lipinski definition) is 2. The van der Waals surface area contributed by atoms with Crippen LogP contribution in [0.2, 0.25) is 0 Å². The molecule has 0 spiro atoms. The van der Waals surface area contributed by atoms with Crippen LogP contribution in [0.25, 0.3) is 11.5 Å². The van der Waals surface area contributed by atoms with Crippen LogP contribution in [-0.4, -0.2) is 25.2 Å². The predicted octanol–water partition coefficient (Wildman–Crippen LogP) is 5.01. The lowest BCUT2D eigenvalue weighted by atomic mass is 10.1. The van der Waals surface area contributed by atoms with Gasteiger partial charge in [-0.05, 0) is 48.5 Å². The highest BCUT2D eigenvalue weighted by Gasteiger charge is 2.30. The van der Waals surface area contributed by atoms with Gasteiger partial charge in [0.25, 0.3) is 5.91 Å². The number of aromatic nitrogens is 4. The number of amides is 1. The summed E-state index contributed by atoms with van der Waals surface area (Å²) in [4.78, 5) is 24.8. The number of carbonyl (C=O) groups is 1. The molecule has 0 atom stereocenters. The Morgan fingerprint density at radius 2 is 1.74 bits per heavy atom. The topological polar surface area (TPSA) is 92.7 Å².